The maximum Gasteiger partial charge on any atom is 0.262 e. The summed E-state index contributed by atoms with van der Waals surface area (Å²) < 4.78 is 7.27. The van der Waals surface area contributed by atoms with Crippen molar-refractivity contribution < 1.29 is 4.52 Å². The van der Waals surface area contributed by atoms with Gasteiger partial charge in [0.15, 0.2) is 11.4 Å². The van der Waals surface area contributed by atoms with Crippen LogP contribution >= 0.6 is 11.3 Å². The Morgan fingerprint density at radius 2 is 1.94 bits per heavy atom. The second kappa shape index (κ2) is 7.99. The van der Waals surface area contributed by atoms with Crippen molar-refractivity contribution in [1.29, 1.82) is 0 Å². The number of para-hydroxylation sites is 1. The maximum absolute atomic E-state index is 13.2. The van der Waals surface area contributed by atoms with E-state index in [9.17, 15) is 4.79 Å². The molecule has 2 aliphatic rings. The van der Waals surface area contributed by atoms with E-state index in [2.05, 4.69) is 38.0 Å². The summed E-state index contributed by atoms with van der Waals surface area (Å²) in [5.41, 5.74) is 2.17. The fraction of sp³-hybridized carbons (Fsp3) is 0.435. The molecule has 2 aliphatic heterocycles. The van der Waals surface area contributed by atoms with Crippen molar-refractivity contribution in [3.8, 4) is 0 Å². The molecule has 0 radical (unpaired) electrons. The van der Waals surface area contributed by atoms with Gasteiger partial charge in [0, 0.05) is 57.2 Å². The van der Waals surface area contributed by atoms with Crippen molar-refractivity contribution in [2.24, 2.45) is 0 Å². The molecule has 0 saturated carbocycles. The zero-order chi connectivity index (χ0) is 21.7. The quantitative estimate of drug-likeness (QED) is 0.473. The van der Waals surface area contributed by atoms with Crippen LogP contribution in [0.4, 0.5) is 5.82 Å². The van der Waals surface area contributed by atoms with E-state index >= 15 is 0 Å². The van der Waals surface area contributed by atoms with Crippen LogP contribution in [0.5, 0.6) is 0 Å². The summed E-state index contributed by atoms with van der Waals surface area (Å²) in [6.45, 7) is 7.09. The van der Waals surface area contributed by atoms with Crippen molar-refractivity contribution in [2.75, 3.05) is 51.2 Å². The topological polar surface area (TPSA) is 70.6 Å². The molecule has 8 nitrogen and oxygen atoms in total. The lowest BCUT2D eigenvalue weighted by Crippen LogP contribution is -2.47. The van der Waals surface area contributed by atoms with Gasteiger partial charge in [0.25, 0.3) is 5.56 Å². The lowest BCUT2D eigenvalue weighted by Gasteiger charge is -2.34. The Morgan fingerprint density at radius 3 is 2.81 bits per heavy atom. The van der Waals surface area contributed by atoms with Gasteiger partial charge in [0.2, 0.25) is 0 Å². The number of hydrogen-bond donors (Lipinski definition) is 0. The zero-order valence-corrected chi connectivity index (χ0v) is 19.0. The smallest absolute Gasteiger partial charge is 0.262 e. The Kier molecular flexibility index (Phi) is 4.97. The molecule has 0 bridgehead atoms. The second-order valence-electron chi connectivity index (χ2n) is 8.75. The van der Waals surface area contributed by atoms with Crippen molar-refractivity contribution in [2.45, 2.75) is 19.5 Å². The SMILES string of the molecule is CN1CCc2c(sc3ncn(CCN4CCN(c5noc6ccccc56)CC4)c(=O)c23)C1. The number of aromatic nitrogens is 3. The number of likely N-dealkylation sites (N-methyl/N-ethyl adjacent to an activating group) is 1. The molecular weight excluding hydrogens is 424 g/mol. The molecule has 5 heterocycles. The van der Waals surface area contributed by atoms with E-state index in [4.69, 9.17) is 4.52 Å². The van der Waals surface area contributed by atoms with E-state index in [1.165, 1.54) is 10.4 Å². The van der Waals surface area contributed by atoms with Crippen molar-refractivity contribution in [3.63, 3.8) is 0 Å². The summed E-state index contributed by atoms with van der Waals surface area (Å²) in [4.78, 5) is 27.0. The molecule has 1 fully saturated rings. The molecule has 6 rings (SSSR count). The number of hydrogen-bond acceptors (Lipinski definition) is 8. The van der Waals surface area contributed by atoms with Crippen molar-refractivity contribution >= 4 is 38.3 Å². The molecule has 1 aromatic carbocycles. The Balaban J connectivity index is 1.13. The van der Waals surface area contributed by atoms with Gasteiger partial charge in [-0.15, -0.1) is 11.3 Å². The zero-order valence-electron chi connectivity index (χ0n) is 18.2. The number of anilines is 1. The lowest BCUT2D eigenvalue weighted by atomic mass is 10.1. The number of piperazine rings is 1. The van der Waals surface area contributed by atoms with Gasteiger partial charge in [-0.1, -0.05) is 17.3 Å². The van der Waals surface area contributed by atoms with E-state index < -0.39 is 0 Å². The highest BCUT2D eigenvalue weighted by atomic mass is 32.1. The first-order chi connectivity index (χ1) is 15.7. The van der Waals surface area contributed by atoms with Gasteiger partial charge >= 0.3 is 0 Å². The number of fused-ring (bicyclic) bond motifs is 4. The van der Waals surface area contributed by atoms with E-state index in [-0.39, 0.29) is 5.56 Å². The monoisotopic (exact) mass is 450 g/mol. The minimum Gasteiger partial charge on any atom is -0.354 e. The molecule has 0 aliphatic carbocycles. The summed E-state index contributed by atoms with van der Waals surface area (Å²) in [7, 11) is 2.13. The van der Waals surface area contributed by atoms with Crippen molar-refractivity contribution in [3.05, 3.63) is 51.4 Å². The summed E-state index contributed by atoms with van der Waals surface area (Å²) >= 11 is 1.68. The van der Waals surface area contributed by atoms with Crippen molar-refractivity contribution in [1.82, 2.24) is 24.5 Å². The molecule has 4 aromatic rings. The van der Waals surface area contributed by atoms with Crippen LogP contribution in [0, 0.1) is 0 Å². The van der Waals surface area contributed by atoms with E-state index in [1.807, 2.05) is 18.2 Å². The standard InChI is InChI=1S/C23H26N6O2S/c1-26-7-6-17-19(14-26)32-22-20(17)23(30)29(15-24-22)13-10-27-8-11-28(12-9-27)21-16-4-2-3-5-18(16)31-25-21/h2-5,15H,6-14H2,1H3. The van der Waals surface area contributed by atoms with Crippen LogP contribution in [-0.4, -0.2) is 70.8 Å². The lowest BCUT2D eigenvalue weighted by molar-refractivity contribution is 0.246. The Labute approximate surface area is 189 Å². The number of nitrogens with zero attached hydrogens (tertiary/aromatic N) is 6. The molecule has 0 N–H and O–H groups in total. The largest absolute Gasteiger partial charge is 0.354 e. The molecule has 9 heteroatoms. The van der Waals surface area contributed by atoms with Crippen LogP contribution in [0.3, 0.4) is 0 Å². The molecule has 166 valence electrons. The predicted molar refractivity (Wildman–Crippen MR) is 127 cm³/mol. The summed E-state index contributed by atoms with van der Waals surface area (Å²) in [5, 5.41) is 6.21. The Bertz CT molecular complexity index is 1330. The third-order valence-corrected chi connectivity index (χ3v) is 7.83. The molecule has 3 aromatic heterocycles. The third kappa shape index (κ3) is 3.41. The van der Waals surface area contributed by atoms with Gasteiger partial charge in [-0.05, 0) is 31.2 Å². The van der Waals surface area contributed by atoms with Gasteiger partial charge in [-0.3, -0.25) is 14.3 Å². The van der Waals surface area contributed by atoms with Crippen LogP contribution in [0.1, 0.15) is 10.4 Å². The first-order valence-corrected chi connectivity index (χ1v) is 12.0. The second-order valence-corrected chi connectivity index (χ2v) is 9.83. The normalized spacial score (nSPS) is 18.0. The maximum atomic E-state index is 13.2. The molecule has 0 amide bonds. The Hall–Kier alpha value is -2.75. The highest BCUT2D eigenvalue weighted by Crippen LogP contribution is 2.31. The molecule has 0 atom stereocenters. The average molecular weight is 451 g/mol. The summed E-state index contributed by atoms with van der Waals surface area (Å²) in [6.07, 6.45) is 2.67. The minimum absolute atomic E-state index is 0.116. The number of benzene rings is 1. The fourth-order valence-electron chi connectivity index (χ4n) is 4.84. The highest BCUT2D eigenvalue weighted by Gasteiger charge is 2.24. The number of rotatable bonds is 4. The van der Waals surface area contributed by atoms with Crippen LogP contribution in [0.15, 0.2) is 39.9 Å². The molecule has 32 heavy (non-hydrogen) atoms. The van der Waals surface area contributed by atoms with Crippen LogP contribution in [0.2, 0.25) is 0 Å². The van der Waals surface area contributed by atoms with Crippen LogP contribution in [0.25, 0.3) is 21.2 Å². The third-order valence-electron chi connectivity index (χ3n) is 6.71. The van der Waals surface area contributed by atoms with Crippen LogP contribution < -0.4 is 10.5 Å². The molecule has 0 unspecified atom stereocenters. The fourth-order valence-corrected chi connectivity index (χ4v) is 6.10. The summed E-state index contributed by atoms with van der Waals surface area (Å²) in [6, 6.07) is 8.00. The predicted octanol–water partition coefficient (Wildman–Crippen LogP) is 2.41. The van der Waals surface area contributed by atoms with E-state index in [0.29, 0.717) is 6.54 Å². The van der Waals surface area contributed by atoms with E-state index in [0.717, 1.165) is 79.2 Å². The first kappa shape index (κ1) is 19.9. The summed E-state index contributed by atoms with van der Waals surface area (Å²) in [5.74, 6) is 0.930. The Morgan fingerprint density at radius 1 is 1.09 bits per heavy atom. The highest BCUT2D eigenvalue weighted by molar-refractivity contribution is 7.18. The minimum atomic E-state index is 0.116. The van der Waals surface area contributed by atoms with Crippen LogP contribution in [-0.2, 0) is 19.5 Å². The first-order valence-electron chi connectivity index (χ1n) is 11.2. The van der Waals surface area contributed by atoms with Gasteiger partial charge < -0.3 is 14.3 Å². The van der Waals surface area contributed by atoms with E-state index in [1.54, 1.807) is 22.2 Å². The van der Waals surface area contributed by atoms with Gasteiger partial charge in [0.1, 0.15) is 4.83 Å². The molecule has 1 saturated heterocycles. The molecular formula is C23H26N6O2S. The van der Waals surface area contributed by atoms with Gasteiger partial charge in [0.05, 0.1) is 17.1 Å². The number of thiophene rings is 1. The molecule has 0 spiro atoms. The van der Waals surface area contributed by atoms with Gasteiger partial charge in [-0.25, -0.2) is 4.98 Å². The average Bonchev–Trinajstić information content (AvgIpc) is 3.40. The van der Waals surface area contributed by atoms with Gasteiger partial charge in [-0.2, -0.15) is 0 Å².